The van der Waals surface area contributed by atoms with Crippen molar-refractivity contribution in [3.8, 4) is 0 Å². The van der Waals surface area contributed by atoms with Crippen molar-refractivity contribution in [1.82, 2.24) is 15.3 Å². The average Bonchev–Trinajstić information content (AvgIpc) is 3.20. The number of carbonyl (C=O) groups is 3. The molecule has 0 radical (unpaired) electrons. The van der Waals surface area contributed by atoms with E-state index in [1.54, 1.807) is 0 Å². The van der Waals surface area contributed by atoms with Crippen molar-refractivity contribution in [2.45, 2.75) is 0 Å². The Hall–Kier alpha value is -3.72. The van der Waals surface area contributed by atoms with E-state index in [0.29, 0.717) is 11.3 Å². The van der Waals surface area contributed by atoms with Crippen molar-refractivity contribution in [2.24, 2.45) is 0 Å². The summed E-state index contributed by atoms with van der Waals surface area (Å²) in [5, 5.41) is 7.66. The Morgan fingerprint density at radius 3 is 2.38 bits per heavy atom. The van der Waals surface area contributed by atoms with Crippen LogP contribution in [0.1, 0.15) is 31.3 Å². The molecule has 0 saturated carbocycles. The fourth-order valence-corrected chi connectivity index (χ4v) is 2.66. The molecular weight excluding hydrogens is 401 g/mol. The molecule has 29 heavy (non-hydrogen) atoms. The van der Waals surface area contributed by atoms with Crippen molar-refractivity contribution in [3.05, 3.63) is 76.6 Å². The first-order valence-electron chi connectivity index (χ1n) is 8.32. The monoisotopic (exact) mass is 415 g/mol. The Bertz CT molecular complexity index is 1080. The van der Waals surface area contributed by atoms with E-state index in [0.717, 1.165) is 6.07 Å². The Morgan fingerprint density at radius 1 is 1.00 bits per heavy atom. The molecule has 0 aliphatic rings. The summed E-state index contributed by atoms with van der Waals surface area (Å²) in [5.74, 6) is -2.02. The van der Waals surface area contributed by atoms with Gasteiger partial charge in [-0.3, -0.25) is 14.4 Å². The second-order valence-corrected chi connectivity index (χ2v) is 6.22. The van der Waals surface area contributed by atoms with Crippen molar-refractivity contribution in [1.29, 1.82) is 0 Å². The molecule has 0 saturated heterocycles. The molecule has 148 valence electrons. The van der Waals surface area contributed by atoms with E-state index in [-0.39, 0.29) is 22.1 Å². The van der Waals surface area contributed by atoms with Crippen LogP contribution in [0.2, 0.25) is 5.02 Å². The van der Waals surface area contributed by atoms with Gasteiger partial charge in [0.05, 0.1) is 17.0 Å². The molecule has 1 aromatic heterocycles. The number of hydrogen-bond acceptors (Lipinski definition) is 4. The highest BCUT2D eigenvalue weighted by molar-refractivity contribution is 6.33. The smallest absolute Gasteiger partial charge is 0.276 e. The molecule has 10 heteroatoms. The van der Waals surface area contributed by atoms with Gasteiger partial charge in [-0.05, 0) is 42.5 Å². The lowest BCUT2D eigenvalue weighted by Crippen LogP contribution is -2.23. The Balaban J connectivity index is 1.68. The van der Waals surface area contributed by atoms with Crippen molar-refractivity contribution in [2.75, 3.05) is 17.7 Å². The Kier molecular flexibility index (Phi) is 5.89. The third-order valence-corrected chi connectivity index (χ3v) is 4.21. The fourth-order valence-electron chi connectivity index (χ4n) is 2.45. The third-order valence-electron chi connectivity index (χ3n) is 3.89. The van der Waals surface area contributed by atoms with Gasteiger partial charge < -0.3 is 20.9 Å². The molecular formula is C19H15ClFN5O3. The number of benzene rings is 2. The van der Waals surface area contributed by atoms with Gasteiger partial charge in [-0.2, -0.15) is 0 Å². The summed E-state index contributed by atoms with van der Waals surface area (Å²) in [7, 11) is 1.44. The van der Waals surface area contributed by atoms with Gasteiger partial charge in [0.15, 0.2) is 5.69 Å². The van der Waals surface area contributed by atoms with Crippen LogP contribution in [0.4, 0.5) is 15.8 Å². The maximum absolute atomic E-state index is 13.1. The Labute approximate surface area is 169 Å². The number of carbonyl (C=O) groups excluding carboxylic acids is 3. The highest BCUT2D eigenvalue weighted by Gasteiger charge is 2.19. The lowest BCUT2D eigenvalue weighted by molar-refractivity contribution is 0.0943. The van der Waals surface area contributed by atoms with E-state index >= 15 is 0 Å². The number of H-pyrrole nitrogens is 1. The number of nitrogens with zero attached hydrogens (tertiary/aromatic N) is 1. The summed E-state index contributed by atoms with van der Waals surface area (Å²) in [4.78, 5) is 42.8. The number of halogens is 2. The van der Waals surface area contributed by atoms with Crippen LogP contribution in [0.15, 0.2) is 48.8 Å². The molecule has 2 aromatic carbocycles. The second kappa shape index (κ2) is 8.53. The van der Waals surface area contributed by atoms with E-state index in [9.17, 15) is 18.8 Å². The number of imidazole rings is 1. The zero-order valence-corrected chi connectivity index (χ0v) is 15.8. The van der Waals surface area contributed by atoms with Crippen LogP contribution >= 0.6 is 11.6 Å². The zero-order chi connectivity index (χ0) is 21.0. The summed E-state index contributed by atoms with van der Waals surface area (Å²) in [6, 6.07) is 9.66. The number of rotatable bonds is 5. The van der Waals surface area contributed by atoms with Gasteiger partial charge in [0, 0.05) is 18.3 Å². The summed E-state index contributed by atoms with van der Waals surface area (Å²) >= 11 is 5.90. The van der Waals surface area contributed by atoms with Crippen LogP contribution in [0.5, 0.6) is 0 Å². The summed E-state index contributed by atoms with van der Waals surface area (Å²) < 4.78 is 13.1. The first-order chi connectivity index (χ1) is 13.9. The maximum atomic E-state index is 13.1. The topological polar surface area (TPSA) is 116 Å². The maximum Gasteiger partial charge on any atom is 0.276 e. The number of anilines is 2. The van der Waals surface area contributed by atoms with Crippen molar-refractivity contribution in [3.63, 3.8) is 0 Å². The van der Waals surface area contributed by atoms with Crippen LogP contribution in [0.25, 0.3) is 0 Å². The largest absolute Gasteiger partial charge is 0.354 e. The minimum atomic E-state index is -0.583. The highest BCUT2D eigenvalue weighted by Crippen LogP contribution is 2.23. The van der Waals surface area contributed by atoms with Crippen LogP contribution in [-0.4, -0.2) is 34.7 Å². The van der Waals surface area contributed by atoms with Crippen molar-refractivity contribution < 1.29 is 18.8 Å². The number of nitrogens with one attached hydrogen (secondary N) is 4. The molecule has 0 spiro atoms. The molecule has 0 aliphatic heterocycles. The standard InChI is InChI=1S/C19H15ClFN5O3/c1-22-18(28)15-16(24-9-23-15)19(29)25-12-5-2-10(3-6-12)17(27)26-14-7-4-11(21)8-13(14)20/h2-9H,1H3,(H,22,28)(H,23,24)(H,25,29)(H,26,27). The first kappa shape index (κ1) is 20.0. The quantitative estimate of drug-likeness (QED) is 0.512. The molecule has 4 N–H and O–H groups in total. The molecule has 0 atom stereocenters. The third kappa shape index (κ3) is 4.58. The van der Waals surface area contributed by atoms with Crippen molar-refractivity contribution >= 4 is 40.7 Å². The van der Waals surface area contributed by atoms with Crippen LogP contribution < -0.4 is 16.0 Å². The van der Waals surface area contributed by atoms with Crippen LogP contribution in [-0.2, 0) is 0 Å². The molecule has 0 unspecified atom stereocenters. The molecule has 3 amide bonds. The first-order valence-corrected chi connectivity index (χ1v) is 8.70. The van der Waals surface area contributed by atoms with Gasteiger partial charge in [0.2, 0.25) is 0 Å². The molecule has 0 fully saturated rings. The van der Waals surface area contributed by atoms with Gasteiger partial charge in [-0.15, -0.1) is 0 Å². The number of hydrogen-bond donors (Lipinski definition) is 4. The highest BCUT2D eigenvalue weighted by atomic mass is 35.5. The minimum Gasteiger partial charge on any atom is -0.354 e. The summed E-state index contributed by atoms with van der Waals surface area (Å²) in [6.45, 7) is 0. The molecule has 8 nitrogen and oxygen atoms in total. The summed E-state index contributed by atoms with van der Waals surface area (Å²) in [6.07, 6.45) is 1.24. The Morgan fingerprint density at radius 2 is 1.72 bits per heavy atom. The van der Waals surface area contributed by atoms with E-state index in [1.165, 1.54) is 49.8 Å². The van der Waals surface area contributed by atoms with Gasteiger partial charge in [-0.1, -0.05) is 11.6 Å². The molecule has 3 rings (SSSR count). The predicted octanol–water partition coefficient (Wildman–Crippen LogP) is 3.07. The minimum absolute atomic E-state index is 0.0391. The van der Waals surface area contributed by atoms with Crippen LogP contribution in [0, 0.1) is 5.82 Å². The SMILES string of the molecule is CNC(=O)c1[nH]cnc1C(=O)Nc1ccc(C(=O)Nc2ccc(F)cc2Cl)cc1. The number of amides is 3. The van der Waals surface area contributed by atoms with Gasteiger partial charge in [0.25, 0.3) is 17.7 Å². The van der Waals surface area contributed by atoms with E-state index in [4.69, 9.17) is 11.6 Å². The summed E-state index contributed by atoms with van der Waals surface area (Å²) in [5.41, 5.74) is 0.955. The van der Waals surface area contributed by atoms with Gasteiger partial charge >= 0.3 is 0 Å². The second-order valence-electron chi connectivity index (χ2n) is 5.82. The molecule has 0 bridgehead atoms. The predicted molar refractivity (Wildman–Crippen MR) is 106 cm³/mol. The normalized spacial score (nSPS) is 10.3. The van der Waals surface area contributed by atoms with E-state index in [2.05, 4.69) is 25.9 Å². The lowest BCUT2D eigenvalue weighted by Gasteiger charge is -2.09. The number of aromatic amines is 1. The lowest BCUT2D eigenvalue weighted by atomic mass is 10.2. The van der Waals surface area contributed by atoms with Crippen LogP contribution in [0.3, 0.4) is 0 Å². The average molecular weight is 416 g/mol. The molecule has 1 heterocycles. The van der Waals surface area contributed by atoms with E-state index < -0.39 is 23.5 Å². The van der Waals surface area contributed by atoms with Gasteiger partial charge in [-0.25, -0.2) is 9.37 Å². The van der Waals surface area contributed by atoms with Gasteiger partial charge in [0.1, 0.15) is 11.5 Å². The molecule has 0 aliphatic carbocycles. The molecule has 3 aromatic rings. The zero-order valence-electron chi connectivity index (χ0n) is 15.0. The fraction of sp³-hybridized carbons (Fsp3) is 0.0526. The van der Waals surface area contributed by atoms with E-state index in [1.807, 2.05) is 0 Å². The number of aromatic nitrogens is 2.